The van der Waals surface area contributed by atoms with Gasteiger partial charge in [-0.05, 0) is 71.8 Å². The van der Waals surface area contributed by atoms with Gasteiger partial charge in [-0.25, -0.2) is 4.98 Å². The van der Waals surface area contributed by atoms with Crippen molar-refractivity contribution in [1.29, 1.82) is 0 Å². The van der Waals surface area contributed by atoms with Crippen molar-refractivity contribution in [3.05, 3.63) is 117 Å². The first kappa shape index (κ1) is 25.3. The van der Waals surface area contributed by atoms with Gasteiger partial charge in [-0.1, -0.05) is 82.1 Å². The van der Waals surface area contributed by atoms with Crippen LogP contribution in [-0.4, -0.2) is 37.3 Å². The normalized spacial score (nSPS) is 19.1. The summed E-state index contributed by atoms with van der Waals surface area (Å²) in [6.45, 7) is 1.41. The Morgan fingerprint density at radius 2 is 1.76 bits per heavy atom. The highest BCUT2D eigenvalue weighted by Crippen LogP contribution is 2.52. The number of hydrogen-bond acceptors (Lipinski definition) is 4. The maximum absolute atomic E-state index is 7.01. The number of halogens is 2. The lowest BCUT2D eigenvalue weighted by Gasteiger charge is -2.47. The third-order valence-corrected chi connectivity index (χ3v) is 8.34. The van der Waals surface area contributed by atoms with Gasteiger partial charge in [0, 0.05) is 32.9 Å². The van der Waals surface area contributed by atoms with E-state index in [4.69, 9.17) is 26.1 Å². The number of aromatic nitrogens is 1. The summed E-state index contributed by atoms with van der Waals surface area (Å²) in [6.07, 6.45) is 0.796. The number of nitrogens with zero attached hydrogens (tertiary/aromatic N) is 2. The van der Waals surface area contributed by atoms with Gasteiger partial charge in [-0.3, -0.25) is 4.90 Å². The maximum atomic E-state index is 7.01. The van der Waals surface area contributed by atoms with Crippen molar-refractivity contribution >= 4 is 49.2 Å². The Morgan fingerprint density at radius 1 is 0.974 bits per heavy atom. The molecule has 5 aromatic rings. The van der Waals surface area contributed by atoms with Gasteiger partial charge in [0.05, 0.1) is 12.6 Å². The summed E-state index contributed by atoms with van der Waals surface area (Å²) in [5, 5.41) is 4.11. The molecule has 1 fully saturated rings. The zero-order valence-corrected chi connectivity index (χ0v) is 23.7. The van der Waals surface area contributed by atoms with Crippen molar-refractivity contribution in [2.75, 3.05) is 27.4 Å². The van der Waals surface area contributed by atoms with Gasteiger partial charge in [-0.15, -0.1) is 0 Å². The molecular weight excluding hydrogens is 560 g/mol. The van der Waals surface area contributed by atoms with Gasteiger partial charge in [0.25, 0.3) is 0 Å². The number of pyridine rings is 1. The minimum Gasteiger partial charge on any atom is -0.481 e. The standard InChI is InChI=1S/C32H28BrClN2O2/c1-36-17-16-32(38-20-36,28-9-5-7-21-6-3-4-8-26(21)28)30(22-10-13-25(34)14-11-22)27-19-23-18-24(33)12-15-29(23)35-31(27)37-2/h3-15,18-19,30H,16-17,20H2,1-2H3/t30-,32-/m1/s1. The molecule has 0 unspecified atom stereocenters. The van der Waals surface area contributed by atoms with Crippen LogP contribution in [0.1, 0.15) is 29.0 Å². The molecule has 192 valence electrons. The summed E-state index contributed by atoms with van der Waals surface area (Å²) in [4.78, 5) is 7.18. The average molecular weight is 588 g/mol. The minimum absolute atomic E-state index is 0.204. The Hall–Kier alpha value is -2.96. The molecule has 0 amide bonds. The van der Waals surface area contributed by atoms with E-state index in [1.165, 1.54) is 16.3 Å². The van der Waals surface area contributed by atoms with Gasteiger partial charge >= 0.3 is 0 Å². The van der Waals surface area contributed by atoms with E-state index in [-0.39, 0.29) is 5.92 Å². The molecule has 1 aliphatic heterocycles. The molecule has 0 N–H and O–H groups in total. The van der Waals surface area contributed by atoms with Crippen molar-refractivity contribution in [1.82, 2.24) is 9.88 Å². The molecule has 0 spiro atoms. The highest BCUT2D eigenvalue weighted by molar-refractivity contribution is 9.10. The predicted molar refractivity (Wildman–Crippen MR) is 158 cm³/mol. The molecular formula is C32H28BrClN2O2. The van der Waals surface area contributed by atoms with Crippen molar-refractivity contribution in [3.8, 4) is 5.88 Å². The Bertz CT molecular complexity index is 1610. The third-order valence-electron chi connectivity index (χ3n) is 7.60. The van der Waals surface area contributed by atoms with E-state index < -0.39 is 5.60 Å². The molecule has 6 rings (SSSR count). The van der Waals surface area contributed by atoms with Crippen LogP contribution in [0.3, 0.4) is 0 Å². The largest absolute Gasteiger partial charge is 0.481 e. The van der Waals surface area contributed by atoms with Crippen molar-refractivity contribution in [3.63, 3.8) is 0 Å². The van der Waals surface area contributed by atoms with E-state index in [0.29, 0.717) is 17.6 Å². The van der Waals surface area contributed by atoms with Crippen LogP contribution in [0.2, 0.25) is 5.02 Å². The van der Waals surface area contributed by atoms with Crippen LogP contribution in [-0.2, 0) is 10.3 Å². The lowest BCUT2D eigenvalue weighted by atomic mass is 9.70. The van der Waals surface area contributed by atoms with Gasteiger partial charge < -0.3 is 9.47 Å². The van der Waals surface area contributed by atoms with Crippen LogP contribution in [0.25, 0.3) is 21.7 Å². The van der Waals surface area contributed by atoms with Crippen LogP contribution in [0.15, 0.2) is 95.5 Å². The van der Waals surface area contributed by atoms with Crippen LogP contribution >= 0.6 is 27.5 Å². The van der Waals surface area contributed by atoms with Crippen LogP contribution in [0.4, 0.5) is 0 Å². The van der Waals surface area contributed by atoms with Crippen molar-refractivity contribution in [2.24, 2.45) is 0 Å². The zero-order chi connectivity index (χ0) is 26.3. The van der Waals surface area contributed by atoms with E-state index in [2.05, 4.69) is 94.6 Å². The molecule has 38 heavy (non-hydrogen) atoms. The highest BCUT2D eigenvalue weighted by atomic mass is 79.9. The van der Waals surface area contributed by atoms with E-state index in [1.807, 2.05) is 24.3 Å². The first-order chi connectivity index (χ1) is 18.5. The molecule has 0 aliphatic carbocycles. The SMILES string of the molecule is COc1nc2ccc(Br)cc2cc1[C@@H](c1ccc(Cl)cc1)[C@]1(c2cccc3ccccc23)CCN(C)CO1. The number of ether oxygens (including phenoxy) is 2. The van der Waals surface area contributed by atoms with Gasteiger partial charge in [0.15, 0.2) is 0 Å². The Kier molecular flexibility index (Phi) is 6.87. The van der Waals surface area contributed by atoms with E-state index in [1.54, 1.807) is 7.11 Å². The second kappa shape index (κ2) is 10.3. The molecule has 2 heterocycles. The zero-order valence-electron chi connectivity index (χ0n) is 21.3. The summed E-state index contributed by atoms with van der Waals surface area (Å²) in [6, 6.07) is 31.5. The molecule has 1 aromatic heterocycles. The van der Waals surface area contributed by atoms with E-state index >= 15 is 0 Å². The molecule has 4 aromatic carbocycles. The Balaban J connectivity index is 1.69. The van der Waals surface area contributed by atoms with Gasteiger partial charge in [0.1, 0.15) is 12.3 Å². The Morgan fingerprint density at radius 3 is 2.53 bits per heavy atom. The number of benzene rings is 4. The smallest absolute Gasteiger partial charge is 0.217 e. The minimum atomic E-state index is -0.671. The number of methoxy groups -OCH3 is 1. The fraction of sp³-hybridized carbons (Fsp3) is 0.219. The lowest BCUT2D eigenvalue weighted by Crippen LogP contribution is -2.47. The summed E-state index contributed by atoms with van der Waals surface area (Å²) >= 11 is 10.0. The molecule has 2 atom stereocenters. The van der Waals surface area contributed by atoms with Gasteiger partial charge in [0.2, 0.25) is 5.88 Å². The predicted octanol–water partition coefficient (Wildman–Crippen LogP) is 8.15. The summed E-state index contributed by atoms with van der Waals surface area (Å²) in [7, 11) is 3.79. The number of rotatable bonds is 5. The molecule has 0 bridgehead atoms. The van der Waals surface area contributed by atoms with Crippen LogP contribution in [0.5, 0.6) is 5.88 Å². The lowest BCUT2D eigenvalue weighted by molar-refractivity contribution is -0.145. The quantitative estimate of drug-likeness (QED) is 0.208. The average Bonchev–Trinajstić information content (AvgIpc) is 2.94. The van der Waals surface area contributed by atoms with Gasteiger partial charge in [-0.2, -0.15) is 0 Å². The fourth-order valence-electron chi connectivity index (χ4n) is 5.78. The number of hydrogen-bond donors (Lipinski definition) is 0. The topological polar surface area (TPSA) is 34.6 Å². The molecule has 4 nitrogen and oxygen atoms in total. The highest BCUT2D eigenvalue weighted by Gasteiger charge is 2.47. The van der Waals surface area contributed by atoms with Crippen LogP contribution < -0.4 is 4.74 Å². The first-order valence-corrected chi connectivity index (χ1v) is 13.9. The van der Waals surface area contributed by atoms with Crippen molar-refractivity contribution in [2.45, 2.75) is 17.9 Å². The molecule has 1 saturated heterocycles. The van der Waals surface area contributed by atoms with Crippen LogP contribution in [0, 0.1) is 0 Å². The second-order valence-electron chi connectivity index (χ2n) is 9.93. The molecule has 6 heteroatoms. The molecule has 0 saturated carbocycles. The monoisotopic (exact) mass is 586 g/mol. The fourth-order valence-corrected chi connectivity index (χ4v) is 6.29. The summed E-state index contributed by atoms with van der Waals surface area (Å²) in [5.41, 5.74) is 3.46. The number of fused-ring (bicyclic) bond motifs is 2. The summed E-state index contributed by atoms with van der Waals surface area (Å²) in [5.74, 6) is 0.395. The Labute approximate surface area is 236 Å². The van der Waals surface area contributed by atoms with Crippen molar-refractivity contribution < 1.29 is 9.47 Å². The first-order valence-electron chi connectivity index (χ1n) is 12.7. The second-order valence-corrected chi connectivity index (χ2v) is 11.3. The van der Waals surface area contributed by atoms with E-state index in [9.17, 15) is 0 Å². The maximum Gasteiger partial charge on any atom is 0.217 e. The molecule has 0 radical (unpaired) electrons. The molecule has 1 aliphatic rings. The summed E-state index contributed by atoms with van der Waals surface area (Å²) < 4.78 is 14.0. The third kappa shape index (κ3) is 4.48. The van der Waals surface area contributed by atoms with E-state index in [0.717, 1.165) is 39.5 Å².